The molecule has 17 heavy (non-hydrogen) atoms. The molecule has 2 heterocycles. The summed E-state index contributed by atoms with van der Waals surface area (Å²) in [6.45, 7) is 6.50. The summed E-state index contributed by atoms with van der Waals surface area (Å²) in [5.41, 5.74) is 1.60. The fourth-order valence-electron chi connectivity index (χ4n) is 1.30. The minimum absolute atomic E-state index is 0.261. The lowest BCUT2D eigenvalue weighted by Gasteiger charge is -2.06. The number of rotatable bonds is 3. The Kier molecular flexibility index (Phi) is 3.28. The van der Waals surface area contributed by atoms with Gasteiger partial charge < -0.3 is 4.74 Å². The van der Waals surface area contributed by atoms with Crippen molar-refractivity contribution in [3.8, 4) is 11.6 Å². The minimum atomic E-state index is 0.261. The van der Waals surface area contributed by atoms with Crippen LogP contribution >= 0.6 is 11.6 Å². The first-order chi connectivity index (χ1) is 8.10. The maximum absolute atomic E-state index is 5.97. The molecule has 2 aromatic rings. The van der Waals surface area contributed by atoms with E-state index < -0.39 is 0 Å². The van der Waals surface area contributed by atoms with Crippen molar-refractivity contribution in [1.29, 1.82) is 0 Å². The second-order valence-electron chi connectivity index (χ2n) is 3.62. The van der Waals surface area contributed by atoms with Gasteiger partial charge in [0, 0.05) is 6.54 Å². The summed E-state index contributed by atoms with van der Waals surface area (Å²) in [4.78, 5) is 8.40. The highest BCUT2D eigenvalue weighted by molar-refractivity contribution is 6.30. The Morgan fingerprint density at radius 2 is 2.00 bits per heavy atom. The van der Waals surface area contributed by atoms with Crippen LogP contribution in [0.2, 0.25) is 5.15 Å². The first-order valence-corrected chi connectivity index (χ1v) is 5.69. The lowest BCUT2D eigenvalue weighted by atomic mass is 10.3. The van der Waals surface area contributed by atoms with Crippen LogP contribution in [0.15, 0.2) is 12.4 Å². The number of aromatic nitrogens is 4. The summed E-state index contributed by atoms with van der Waals surface area (Å²) in [5, 5.41) is 4.36. The monoisotopic (exact) mass is 252 g/mol. The molecule has 0 aliphatic heterocycles. The van der Waals surface area contributed by atoms with Crippen LogP contribution in [-0.4, -0.2) is 19.7 Å². The average molecular weight is 253 g/mol. The first-order valence-electron chi connectivity index (χ1n) is 5.31. The Hall–Kier alpha value is -1.62. The van der Waals surface area contributed by atoms with Gasteiger partial charge in [-0.1, -0.05) is 11.6 Å². The first kappa shape index (κ1) is 11.9. The van der Waals surface area contributed by atoms with Crippen LogP contribution in [0.1, 0.15) is 18.3 Å². The van der Waals surface area contributed by atoms with Crippen LogP contribution in [0.25, 0.3) is 0 Å². The second kappa shape index (κ2) is 4.71. The van der Waals surface area contributed by atoms with E-state index in [2.05, 4.69) is 15.1 Å². The largest absolute Gasteiger partial charge is 0.433 e. The van der Waals surface area contributed by atoms with Crippen molar-refractivity contribution < 1.29 is 4.74 Å². The van der Waals surface area contributed by atoms with Crippen molar-refractivity contribution in [2.75, 3.05) is 0 Å². The molecule has 0 spiro atoms. The smallest absolute Gasteiger partial charge is 0.258 e. The number of halogens is 1. The van der Waals surface area contributed by atoms with Gasteiger partial charge in [-0.05, 0) is 20.8 Å². The zero-order chi connectivity index (χ0) is 12.4. The standard InChI is InChI=1S/C11H13ClN4O/c1-4-16-6-9(5-13-16)17-11-10(12)14-7(2)8(3)15-11/h5-6H,4H2,1-3H3. The van der Waals surface area contributed by atoms with Gasteiger partial charge in [0.25, 0.3) is 5.88 Å². The van der Waals surface area contributed by atoms with Gasteiger partial charge >= 0.3 is 0 Å². The predicted molar refractivity (Wildman–Crippen MR) is 64.5 cm³/mol. The molecule has 0 aliphatic rings. The number of aryl methyl sites for hydroxylation is 3. The average Bonchev–Trinajstić information content (AvgIpc) is 2.73. The molecule has 90 valence electrons. The second-order valence-corrected chi connectivity index (χ2v) is 3.98. The molecule has 2 rings (SSSR count). The van der Waals surface area contributed by atoms with E-state index in [4.69, 9.17) is 16.3 Å². The highest BCUT2D eigenvalue weighted by Gasteiger charge is 2.10. The molecule has 0 radical (unpaired) electrons. The third-order valence-electron chi connectivity index (χ3n) is 2.38. The maximum Gasteiger partial charge on any atom is 0.258 e. The van der Waals surface area contributed by atoms with Crippen molar-refractivity contribution >= 4 is 11.6 Å². The van der Waals surface area contributed by atoms with Crippen LogP contribution in [0.3, 0.4) is 0 Å². The van der Waals surface area contributed by atoms with Gasteiger partial charge in [-0.3, -0.25) is 4.68 Å². The van der Waals surface area contributed by atoms with Gasteiger partial charge in [-0.2, -0.15) is 5.10 Å². The number of hydrogen-bond acceptors (Lipinski definition) is 4. The molecule has 0 unspecified atom stereocenters. The molecule has 0 N–H and O–H groups in total. The van der Waals surface area contributed by atoms with Crippen molar-refractivity contribution in [2.45, 2.75) is 27.3 Å². The van der Waals surface area contributed by atoms with Crippen LogP contribution < -0.4 is 4.74 Å². The van der Waals surface area contributed by atoms with Gasteiger partial charge in [0.05, 0.1) is 23.8 Å². The molecule has 0 atom stereocenters. The third kappa shape index (κ3) is 2.55. The Morgan fingerprint density at radius 3 is 2.65 bits per heavy atom. The quantitative estimate of drug-likeness (QED) is 0.843. The van der Waals surface area contributed by atoms with Gasteiger partial charge in [0.2, 0.25) is 0 Å². The summed E-state index contributed by atoms with van der Waals surface area (Å²) in [7, 11) is 0. The van der Waals surface area contributed by atoms with Gasteiger partial charge in [-0.25, -0.2) is 9.97 Å². The van der Waals surface area contributed by atoms with Gasteiger partial charge in [0.1, 0.15) is 0 Å². The van der Waals surface area contributed by atoms with Crippen molar-refractivity contribution in [3.05, 3.63) is 28.9 Å². The highest BCUT2D eigenvalue weighted by Crippen LogP contribution is 2.26. The molecule has 0 aromatic carbocycles. The van der Waals surface area contributed by atoms with Crippen molar-refractivity contribution in [3.63, 3.8) is 0 Å². The molecular formula is C11H13ClN4O. The normalized spacial score (nSPS) is 10.6. The fraction of sp³-hybridized carbons (Fsp3) is 0.364. The minimum Gasteiger partial charge on any atom is -0.433 e. The van der Waals surface area contributed by atoms with Crippen LogP contribution in [0.5, 0.6) is 11.6 Å². The van der Waals surface area contributed by atoms with Crippen LogP contribution in [0.4, 0.5) is 0 Å². The van der Waals surface area contributed by atoms with E-state index in [9.17, 15) is 0 Å². The molecule has 0 saturated carbocycles. The zero-order valence-electron chi connectivity index (χ0n) is 9.94. The Balaban J connectivity index is 2.26. The van der Waals surface area contributed by atoms with Gasteiger partial charge in [-0.15, -0.1) is 0 Å². The number of hydrogen-bond donors (Lipinski definition) is 0. The molecule has 0 aliphatic carbocycles. The van der Waals surface area contributed by atoms with E-state index in [1.54, 1.807) is 17.1 Å². The highest BCUT2D eigenvalue weighted by atomic mass is 35.5. The Labute approximate surface area is 104 Å². The van der Waals surface area contributed by atoms with E-state index in [0.717, 1.165) is 17.9 Å². The molecular weight excluding hydrogens is 240 g/mol. The number of ether oxygens (including phenoxy) is 1. The Bertz CT molecular complexity index is 538. The third-order valence-corrected chi connectivity index (χ3v) is 2.63. The van der Waals surface area contributed by atoms with E-state index in [1.807, 2.05) is 20.8 Å². The van der Waals surface area contributed by atoms with Crippen molar-refractivity contribution in [2.24, 2.45) is 0 Å². The summed E-state index contributed by atoms with van der Waals surface area (Å²) in [5.74, 6) is 0.914. The maximum atomic E-state index is 5.97. The van der Waals surface area contributed by atoms with E-state index >= 15 is 0 Å². The molecule has 5 nitrogen and oxygen atoms in total. The molecule has 0 bridgehead atoms. The predicted octanol–water partition coefficient (Wildman–Crippen LogP) is 2.76. The molecule has 6 heteroatoms. The molecule has 0 fully saturated rings. The lowest BCUT2D eigenvalue weighted by Crippen LogP contribution is -1.97. The van der Waals surface area contributed by atoms with E-state index in [-0.39, 0.29) is 5.15 Å². The van der Waals surface area contributed by atoms with Crippen LogP contribution in [0, 0.1) is 13.8 Å². The van der Waals surface area contributed by atoms with Crippen LogP contribution in [-0.2, 0) is 6.54 Å². The summed E-state index contributed by atoms with van der Waals surface area (Å²) in [6.07, 6.45) is 3.41. The SMILES string of the molecule is CCn1cc(Oc2nc(C)c(C)nc2Cl)cn1. The van der Waals surface area contributed by atoms with Gasteiger partial charge in [0.15, 0.2) is 10.9 Å². The zero-order valence-corrected chi connectivity index (χ0v) is 10.7. The summed E-state index contributed by atoms with van der Waals surface area (Å²) < 4.78 is 7.30. The van der Waals surface area contributed by atoms with Crippen molar-refractivity contribution in [1.82, 2.24) is 19.7 Å². The molecule has 2 aromatic heterocycles. The molecule has 0 amide bonds. The Morgan fingerprint density at radius 1 is 1.29 bits per heavy atom. The lowest BCUT2D eigenvalue weighted by molar-refractivity contribution is 0.457. The topological polar surface area (TPSA) is 52.8 Å². The number of nitrogens with zero attached hydrogens (tertiary/aromatic N) is 4. The van der Waals surface area contributed by atoms with E-state index in [0.29, 0.717) is 11.6 Å². The molecule has 0 saturated heterocycles. The fourth-order valence-corrected chi connectivity index (χ4v) is 1.51. The summed E-state index contributed by atoms with van der Waals surface area (Å²) in [6, 6.07) is 0. The summed E-state index contributed by atoms with van der Waals surface area (Å²) >= 11 is 5.97. The van der Waals surface area contributed by atoms with E-state index in [1.165, 1.54) is 0 Å².